The van der Waals surface area contributed by atoms with Crippen molar-refractivity contribution in [3.8, 4) is 0 Å². The Labute approximate surface area is 121 Å². The number of hydrogen-bond donors (Lipinski definition) is 1. The topological polar surface area (TPSA) is 15.3 Å². The minimum absolute atomic E-state index is 0.0948. The molecule has 1 atom stereocenters. The minimum atomic E-state index is -0.531. The van der Waals surface area contributed by atoms with Crippen LogP contribution in [0.15, 0.2) is 18.2 Å². The standard InChI is InChI=1S/C16H26F2N2/c1-6-9-19-15(16(2,3)20(4)5)10-12-7-8-13(17)11-14(12)18/h7-8,11,15,19H,6,9-10H2,1-5H3. The van der Waals surface area contributed by atoms with Gasteiger partial charge < -0.3 is 10.2 Å². The molecule has 4 heteroatoms. The summed E-state index contributed by atoms with van der Waals surface area (Å²) in [5, 5.41) is 3.48. The highest BCUT2D eigenvalue weighted by molar-refractivity contribution is 5.20. The predicted octanol–water partition coefficient (Wildman–Crippen LogP) is 3.22. The van der Waals surface area contributed by atoms with Gasteiger partial charge in [0.2, 0.25) is 0 Å². The van der Waals surface area contributed by atoms with Crippen LogP contribution < -0.4 is 5.32 Å². The first-order chi connectivity index (χ1) is 9.28. The van der Waals surface area contributed by atoms with E-state index in [9.17, 15) is 8.78 Å². The second-order valence-corrected chi connectivity index (χ2v) is 5.99. The zero-order valence-corrected chi connectivity index (χ0v) is 13.1. The molecule has 0 spiro atoms. The van der Waals surface area contributed by atoms with Gasteiger partial charge in [0.15, 0.2) is 0 Å². The van der Waals surface area contributed by atoms with E-state index >= 15 is 0 Å². The molecule has 0 aliphatic rings. The number of nitrogens with one attached hydrogen (secondary N) is 1. The maximum atomic E-state index is 13.8. The molecule has 0 aromatic heterocycles. The first kappa shape index (κ1) is 17.1. The molecule has 1 rings (SSSR count). The molecule has 1 aromatic carbocycles. The zero-order valence-electron chi connectivity index (χ0n) is 13.1. The van der Waals surface area contributed by atoms with Crippen LogP contribution in [0.1, 0.15) is 32.8 Å². The second-order valence-electron chi connectivity index (χ2n) is 5.99. The lowest BCUT2D eigenvalue weighted by Crippen LogP contribution is -2.56. The van der Waals surface area contributed by atoms with Crippen LogP contribution in [0.4, 0.5) is 8.78 Å². The fourth-order valence-corrected chi connectivity index (χ4v) is 2.11. The zero-order chi connectivity index (χ0) is 15.3. The van der Waals surface area contributed by atoms with Crippen molar-refractivity contribution in [2.45, 2.75) is 45.2 Å². The molecular weight excluding hydrogens is 258 g/mol. The van der Waals surface area contributed by atoms with Gasteiger partial charge >= 0.3 is 0 Å². The third-order valence-corrected chi connectivity index (χ3v) is 4.09. The molecule has 2 nitrogen and oxygen atoms in total. The quantitative estimate of drug-likeness (QED) is 0.827. The number of likely N-dealkylation sites (N-methyl/N-ethyl adjacent to an activating group) is 1. The van der Waals surface area contributed by atoms with Crippen molar-refractivity contribution >= 4 is 0 Å². The fourth-order valence-electron chi connectivity index (χ4n) is 2.11. The average molecular weight is 284 g/mol. The van der Waals surface area contributed by atoms with Crippen molar-refractivity contribution in [3.05, 3.63) is 35.4 Å². The SMILES string of the molecule is CCCNC(Cc1ccc(F)cc1F)C(C)(C)N(C)C. The molecule has 0 amide bonds. The van der Waals surface area contributed by atoms with E-state index in [1.165, 1.54) is 12.1 Å². The van der Waals surface area contributed by atoms with E-state index in [-0.39, 0.29) is 11.6 Å². The van der Waals surface area contributed by atoms with Gasteiger partial charge in [0, 0.05) is 17.6 Å². The molecule has 114 valence electrons. The van der Waals surface area contributed by atoms with Gasteiger partial charge in [-0.05, 0) is 59.0 Å². The summed E-state index contributed by atoms with van der Waals surface area (Å²) in [6.45, 7) is 7.24. The highest BCUT2D eigenvalue weighted by atomic mass is 19.1. The number of hydrogen-bond acceptors (Lipinski definition) is 2. The molecule has 0 radical (unpaired) electrons. The summed E-state index contributed by atoms with van der Waals surface area (Å²) in [6.07, 6.45) is 1.56. The summed E-state index contributed by atoms with van der Waals surface area (Å²) in [5.74, 6) is -1.00. The Bertz CT molecular complexity index is 430. The molecular formula is C16H26F2N2. The van der Waals surface area contributed by atoms with Crippen molar-refractivity contribution in [1.29, 1.82) is 0 Å². The normalized spacial score (nSPS) is 13.8. The summed E-state index contributed by atoms with van der Waals surface area (Å²) in [5.41, 5.74) is 0.422. The van der Waals surface area contributed by atoms with E-state index < -0.39 is 11.6 Å². The highest BCUT2D eigenvalue weighted by Gasteiger charge is 2.31. The fraction of sp³-hybridized carbons (Fsp3) is 0.625. The molecule has 0 saturated carbocycles. The van der Waals surface area contributed by atoms with Gasteiger partial charge in [-0.2, -0.15) is 0 Å². The summed E-state index contributed by atoms with van der Waals surface area (Å²) in [4.78, 5) is 2.13. The van der Waals surface area contributed by atoms with Gasteiger partial charge in [0.05, 0.1) is 0 Å². The molecule has 1 aromatic rings. The van der Waals surface area contributed by atoms with Gasteiger partial charge in [-0.1, -0.05) is 13.0 Å². The maximum absolute atomic E-state index is 13.8. The number of halogens is 2. The Hall–Kier alpha value is -1.00. The Morgan fingerprint density at radius 2 is 1.90 bits per heavy atom. The molecule has 20 heavy (non-hydrogen) atoms. The van der Waals surface area contributed by atoms with E-state index in [0.717, 1.165) is 19.0 Å². The average Bonchev–Trinajstić information content (AvgIpc) is 2.36. The summed E-state index contributed by atoms with van der Waals surface area (Å²) >= 11 is 0. The number of rotatable bonds is 7. The van der Waals surface area contributed by atoms with Crippen LogP contribution in [0.3, 0.4) is 0 Å². The van der Waals surface area contributed by atoms with Gasteiger partial charge in [-0.3, -0.25) is 0 Å². The summed E-state index contributed by atoms with van der Waals surface area (Å²) < 4.78 is 26.8. The van der Waals surface area contributed by atoms with E-state index in [2.05, 4.69) is 31.0 Å². The molecule has 0 fully saturated rings. The first-order valence-corrected chi connectivity index (χ1v) is 7.13. The maximum Gasteiger partial charge on any atom is 0.129 e. The first-order valence-electron chi connectivity index (χ1n) is 7.13. The van der Waals surface area contributed by atoms with E-state index in [1.54, 1.807) is 0 Å². The number of nitrogens with zero attached hydrogens (tertiary/aromatic N) is 1. The lowest BCUT2D eigenvalue weighted by atomic mass is 9.88. The van der Waals surface area contributed by atoms with Crippen molar-refractivity contribution in [3.63, 3.8) is 0 Å². The van der Waals surface area contributed by atoms with Crippen LogP contribution in [0.5, 0.6) is 0 Å². The van der Waals surface area contributed by atoms with Crippen molar-refractivity contribution < 1.29 is 8.78 Å². The van der Waals surface area contributed by atoms with Gasteiger partial charge in [-0.25, -0.2) is 8.78 Å². The van der Waals surface area contributed by atoms with Crippen molar-refractivity contribution in [2.24, 2.45) is 0 Å². The Kier molecular flexibility index (Phi) is 6.08. The van der Waals surface area contributed by atoms with Gasteiger partial charge in [0.1, 0.15) is 11.6 Å². The van der Waals surface area contributed by atoms with E-state index in [1.807, 2.05) is 14.1 Å². The molecule has 0 aliphatic carbocycles. The molecule has 0 saturated heterocycles. The third-order valence-electron chi connectivity index (χ3n) is 4.09. The lowest BCUT2D eigenvalue weighted by Gasteiger charge is -2.41. The van der Waals surface area contributed by atoms with Gasteiger partial charge in [0.25, 0.3) is 0 Å². The van der Waals surface area contributed by atoms with Crippen LogP contribution in [0.25, 0.3) is 0 Å². The van der Waals surface area contributed by atoms with Crippen LogP contribution in [-0.2, 0) is 6.42 Å². The van der Waals surface area contributed by atoms with E-state index in [4.69, 9.17) is 0 Å². The lowest BCUT2D eigenvalue weighted by molar-refractivity contribution is 0.136. The van der Waals surface area contributed by atoms with Crippen LogP contribution in [0, 0.1) is 11.6 Å². The molecule has 0 bridgehead atoms. The molecule has 1 N–H and O–H groups in total. The Morgan fingerprint density at radius 1 is 1.25 bits per heavy atom. The minimum Gasteiger partial charge on any atom is -0.312 e. The third kappa shape index (κ3) is 4.25. The Balaban J connectivity index is 2.94. The predicted molar refractivity (Wildman–Crippen MR) is 79.9 cm³/mol. The van der Waals surface area contributed by atoms with Crippen LogP contribution in [-0.4, -0.2) is 37.1 Å². The van der Waals surface area contributed by atoms with Crippen molar-refractivity contribution in [2.75, 3.05) is 20.6 Å². The summed E-state index contributed by atoms with van der Waals surface area (Å²) in [7, 11) is 4.03. The van der Waals surface area contributed by atoms with Crippen LogP contribution >= 0.6 is 0 Å². The van der Waals surface area contributed by atoms with Crippen LogP contribution in [0.2, 0.25) is 0 Å². The largest absolute Gasteiger partial charge is 0.312 e. The molecule has 0 heterocycles. The van der Waals surface area contributed by atoms with Crippen molar-refractivity contribution in [1.82, 2.24) is 10.2 Å². The van der Waals surface area contributed by atoms with Gasteiger partial charge in [-0.15, -0.1) is 0 Å². The molecule has 0 aliphatic heterocycles. The number of benzene rings is 1. The smallest absolute Gasteiger partial charge is 0.129 e. The molecule has 1 unspecified atom stereocenters. The Morgan fingerprint density at radius 3 is 2.40 bits per heavy atom. The summed E-state index contributed by atoms with van der Waals surface area (Å²) in [6, 6.07) is 3.90. The highest BCUT2D eigenvalue weighted by Crippen LogP contribution is 2.21. The van der Waals surface area contributed by atoms with E-state index in [0.29, 0.717) is 12.0 Å². The second kappa shape index (κ2) is 7.14. The monoisotopic (exact) mass is 284 g/mol.